The second-order valence-electron chi connectivity index (χ2n) is 5.97. The van der Waals surface area contributed by atoms with Gasteiger partial charge in [-0.1, -0.05) is 12.1 Å². The van der Waals surface area contributed by atoms with E-state index in [0.29, 0.717) is 13.2 Å². The number of amides is 1. The molecule has 2 N–H and O–H groups in total. The molecule has 1 fully saturated rings. The highest BCUT2D eigenvalue weighted by atomic mass is 16.5. The van der Waals surface area contributed by atoms with E-state index in [1.807, 2.05) is 45.2 Å². The number of carbonyl (C=O) groups excluding carboxylic acids is 1. The van der Waals surface area contributed by atoms with Crippen molar-refractivity contribution in [3.8, 4) is 5.75 Å². The van der Waals surface area contributed by atoms with Gasteiger partial charge in [0.1, 0.15) is 12.4 Å². The lowest BCUT2D eigenvalue weighted by Crippen LogP contribution is -2.62. The van der Waals surface area contributed by atoms with E-state index in [1.165, 1.54) is 0 Å². The van der Waals surface area contributed by atoms with Crippen molar-refractivity contribution >= 4 is 5.91 Å². The average Bonchev–Trinajstić information content (AvgIpc) is 2.48. The number of nitrogens with zero attached hydrogens (tertiary/aromatic N) is 2. The van der Waals surface area contributed by atoms with E-state index in [-0.39, 0.29) is 5.91 Å². The summed E-state index contributed by atoms with van der Waals surface area (Å²) >= 11 is 0. The van der Waals surface area contributed by atoms with Gasteiger partial charge in [-0.05, 0) is 31.5 Å². The van der Waals surface area contributed by atoms with E-state index in [4.69, 9.17) is 10.5 Å². The number of likely N-dealkylation sites (N-methyl/N-ethyl adjacent to an activating group) is 1. The number of carbonyl (C=O) groups is 1. The second kappa shape index (κ2) is 6.45. The molecule has 0 bridgehead atoms. The lowest BCUT2D eigenvalue weighted by atomic mass is 9.98. The molecule has 0 spiro atoms. The molecule has 116 valence electrons. The Bertz CT molecular complexity index is 502. The second-order valence-corrected chi connectivity index (χ2v) is 5.97. The molecule has 0 unspecified atom stereocenters. The number of piperazine rings is 1. The maximum atomic E-state index is 12.2. The number of ether oxygens (including phenoxy) is 1. The van der Waals surface area contributed by atoms with Crippen LogP contribution in [0.25, 0.3) is 0 Å². The maximum Gasteiger partial charge on any atom is 0.242 e. The Kier molecular flexibility index (Phi) is 4.85. The van der Waals surface area contributed by atoms with Crippen molar-refractivity contribution < 1.29 is 9.53 Å². The van der Waals surface area contributed by atoms with Gasteiger partial charge in [-0.3, -0.25) is 9.69 Å². The molecular weight excluding hydrogens is 266 g/mol. The molecule has 0 aromatic heterocycles. The summed E-state index contributed by atoms with van der Waals surface area (Å²) in [6.45, 7) is 7.40. The third-order valence-corrected chi connectivity index (χ3v) is 4.13. The Morgan fingerprint density at radius 3 is 2.81 bits per heavy atom. The molecule has 0 saturated carbocycles. The van der Waals surface area contributed by atoms with Crippen LogP contribution in [0.2, 0.25) is 0 Å². The van der Waals surface area contributed by atoms with Crippen molar-refractivity contribution in [2.24, 2.45) is 5.73 Å². The van der Waals surface area contributed by atoms with Gasteiger partial charge in [-0.25, -0.2) is 0 Å². The number of benzene rings is 1. The van der Waals surface area contributed by atoms with Gasteiger partial charge >= 0.3 is 0 Å². The zero-order valence-corrected chi connectivity index (χ0v) is 13.1. The first-order valence-electron chi connectivity index (χ1n) is 7.37. The summed E-state index contributed by atoms with van der Waals surface area (Å²) in [5.74, 6) is 0.995. The number of hydrogen-bond acceptors (Lipinski definition) is 4. The molecule has 0 radical (unpaired) electrons. The highest BCUT2D eigenvalue weighted by Crippen LogP contribution is 2.21. The molecule has 0 aliphatic carbocycles. The smallest absolute Gasteiger partial charge is 0.242 e. The highest BCUT2D eigenvalue weighted by molar-refractivity contribution is 5.86. The summed E-state index contributed by atoms with van der Waals surface area (Å²) in [5.41, 5.74) is 6.22. The SMILES string of the molecule is CN1CCN(CCOc2cccc(CN)c2)C(C)(C)C1=O. The van der Waals surface area contributed by atoms with Crippen LogP contribution in [0.5, 0.6) is 5.75 Å². The Labute approximate surface area is 126 Å². The van der Waals surface area contributed by atoms with Crippen LogP contribution in [0.3, 0.4) is 0 Å². The molecule has 1 aliphatic heterocycles. The first-order chi connectivity index (χ1) is 9.95. The summed E-state index contributed by atoms with van der Waals surface area (Å²) in [4.78, 5) is 16.2. The molecule has 5 heteroatoms. The van der Waals surface area contributed by atoms with Crippen molar-refractivity contribution in [1.29, 1.82) is 0 Å². The fourth-order valence-electron chi connectivity index (χ4n) is 2.68. The van der Waals surface area contributed by atoms with Crippen LogP contribution in [0.4, 0.5) is 0 Å². The molecule has 1 heterocycles. The molecule has 0 atom stereocenters. The van der Waals surface area contributed by atoms with Crippen molar-refractivity contribution in [2.75, 3.05) is 33.3 Å². The minimum atomic E-state index is -0.463. The molecule has 21 heavy (non-hydrogen) atoms. The van der Waals surface area contributed by atoms with Crippen molar-refractivity contribution in [1.82, 2.24) is 9.80 Å². The van der Waals surface area contributed by atoms with Crippen LogP contribution >= 0.6 is 0 Å². The van der Waals surface area contributed by atoms with Crippen molar-refractivity contribution in [3.05, 3.63) is 29.8 Å². The number of nitrogens with two attached hydrogens (primary N) is 1. The first-order valence-corrected chi connectivity index (χ1v) is 7.37. The topological polar surface area (TPSA) is 58.8 Å². The molecule has 1 amide bonds. The molecule has 1 aromatic carbocycles. The van der Waals surface area contributed by atoms with Gasteiger partial charge in [0, 0.05) is 33.2 Å². The quantitative estimate of drug-likeness (QED) is 0.882. The van der Waals surface area contributed by atoms with Gasteiger partial charge in [0.2, 0.25) is 5.91 Å². The van der Waals surface area contributed by atoms with Gasteiger partial charge in [-0.15, -0.1) is 0 Å². The molecule has 1 aromatic rings. The first kappa shape index (κ1) is 15.8. The fraction of sp³-hybridized carbons (Fsp3) is 0.562. The molecule has 2 rings (SSSR count). The van der Waals surface area contributed by atoms with E-state index >= 15 is 0 Å². The minimum absolute atomic E-state index is 0.166. The molecule has 1 aliphatic rings. The molecular formula is C16H25N3O2. The molecule has 1 saturated heterocycles. The third kappa shape index (κ3) is 3.54. The third-order valence-electron chi connectivity index (χ3n) is 4.13. The van der Waals surface area contributed by atoms with E-state index in [9.17, 15) is 4.79 Å². The van der Waals surface area contributed by atoms with Crippen molar-refractivity contribution in [2.45, 2.75) is 25.9 Å². The normalized spacial score (nSPS) is 18.9. The lowest BCUT2D eigenvalue weighted by molar-refractivity contribution is -0.147. The Morgan fingerprint density at radius 1 is 1.33 bits per heavy atom. The van der Waals surface area contributed by atoms with E-state index in [1.54, 1.807) is 4.90 Å². The van der Waals surface area contributed by atoms with Gasteiger partial charge < -0.3 is 15.4 Å². The van der Waals surface area contributed by atoms with Crippen LogP contribution in [0, 0.1) is 0 Å². The Balaban J connectivity index is 1.89. The zero-order chi connectivity index (χ0) is 15.5. The lowest BCUT2D eigenvalue weighted by Gasteiger charge is -2.44. The van der Waals surface area contributed by atoms with Crippen LogP contribution in [0.1, 0.15) is 19.4 Å². The summed E-state index contributed by atoms with van der Waals surface area (Å²) in [6.07, 6.45) is 0. The van der Waals surface area contributed by atoms with Crippen molar-refractivity contribution in [3.63, 3.8) is 0 Å². The summed E-state index contributed by atoms with van der Waals surface area (Å²) in [6, 6.07) is 7.82. The minimum Gasteiger partial charge on any atom is -0.492 e. The number of rotatable bonds is 5. The largest absolute Gasteiger partial charge is 0.492 e. The number of hydrogen-bond donors (Lipinski definition) is 1. The van der Waals surface area contributed by atoms with Gasteiger partial charge in [-0.2, -0.15) is 0 Å². The Hall–Kier alpha value is -1.59. The monoisotopic (exact) mass is 291 g/mol. The van der Waals surface area contributed by atoms with Gasteiger partial charge in [0.05, 0.1) is 5.54 Å². The van der Waals surface area contributed by atoms with Gasteiger partial charge in [0.15, 0.2) is 0 Å². The predicted molar refractivity (Wildman–Crippen MR) is 83.1 cm³/mol. The summed E-state index contributed by atoms with van der Waals surface area (Å²) in [5, 5.41) is 0. The highest BCUT2D eigenvalue weighted by Gasteiger charge is 2.39. The van der Waals surface area contributed by atoms with E-state index < -0.39 is 5.54 Å². The summed E-state index contributed by atoms with van der Waals surface area (Å²) < 4.78 is 5.78. The predicted octanol–water partition coefficient (Wildman–Crippen LogP) is 1.08. The summed E-state index contributed by atoms with van der Waals surface area (Å²) in [7, 11) is 1.86. The van der Waals surface area contributed by atoms with Crippen LogP contribution in [0.15, 0.2) is 24.3 Å². The Morgan fingerprint density at radius 2 is 2.10 bits per heavy atom. The van der Waals surface area contributed by atoms with E-state index in [0.717, 1.165) is 30.9 Å². The standard InChI is InChI=1S/C16H25N3O2/c1-16(2)15(20)18(3)7-8-19(16)9-10-21-14-6-4-5-13(11-14)12-17/h4-6,11H,7-10,12,17H2,1-3H3. The maximum absolute atomic E-state index is 12.2. The van der Waals surface area contributed by atoms with Gasteiger partial charge in [0.25, 0.3) is 0 Å². The zero-order valence-electron chi connectivity index (χ0n) is 13.1. The molecule has 5 nitrogen and oxygen atoms in total. The van der Waals surface area contributed by atoms with Crippen LogP contribution in [-0.4, -0.2) is 54.5 Å². The fourth-order valence-corrected chi connectivity index (χ4v) is 2.68. The van der Waals surface area contributed by atoms with Crippen LogP contribution in [-0.2, 0) is 11.3 Å². The van der Waals surface area contributed by atoms with Crippen LogP contribution < -0.4 is 10.5 Å². The average molecular weight is 291 g/mol. The van der Waals surface area contributed by atoms with E-state index in [2.05, 4.69) is 4.90 Å².